The SMILES string of the molecule is CN(C)C(=O)c1cncc(-c2cnc3[nH]cc(-c4ccccc4)c3c2Cl)c1. The fourth-order valence-corrected chi connectivity index (χ4v) is 3.42. The predicted molar refractivity (Wildman–Crippen MR) is 108 cm³/mol. The molecule has 4 rings (SSSR count). The van der Waals surface area contributed by atoms with E-state index in [1.165, 1.54) is 4.90 Å². The van der Waals surface area contributed by atoms with E-state index in [0.29, 0.717) is 10.6 Å². The number of hydrogen-bond acceptors (Lipinski definition) is 3. The summed E-state index contributed by atoms with van der Waals surface area (Å²) in [7, 11) is 3.42. The third-order valence-electron chi connectivity index (χ3n) is 4.43. The van der Waals surface area contributed by atoms with Crippen molar-refractivity contribution >= 4 is 28.5 Å². The summed E-state index contributed by atoms with van der Waals surface area (Å²) in [5, 5.41) is 1.43. The fraction of sp³-hybridized carbons (Fsp3) is 0.0952. The predicted octanol–water partition coefficient (Wildman–Crippen LogP) is 4.65. The number of aromatic nitrogens is 3. The Hall–Kier alpha value is -3.18. The van der Waals surface area contributed by atoms with Crippen molar-refractivity contribution in [1.29, 1.82) is 0 Å². The highest BCUT2D eigenvalue weighted by Gasteiger charge is 2.17. The molecule has 0 unspecified atom stereocenters. The number of aromatic amines is 1. The molecule has 4 aromatic rings. The van der Waals surface area contributed by atoms with Crippen LogP contribution in [-0.2, 0) is 0 Å². The largest absolute Gasteiger partial charge is 0.345 e. The van der Waals surface area contributed by atoms with Gasteiger partial charge in [0, 0.05) is 61.0 Å². The number of fused-ring (bicyclic) bond motifs is 1. The quantitative estimate of drug-likeness (QED) is 0.566. The van der Waals surface area contributed by atoms with Gasteiger partial charge in [0.2, 0.25) is 0 Å². The van der Waals surface area contributed by atoms with Crippen molar-refractivity contribution < 1.29 is 4.79 Å². The lowest BCUT2D eigenvalue weighted by molar-refractivity contribution is 0.0827. The molecule has 6 heteroatoms. The maximum Gasteiger partial charge on any atom is 0.254 e. The average molecular weight is 377 g/mol. The van der Waals surface area contributed by atoms with Gasteiger partial charge in [-0.25, -0.2) is 4.98 Å². The number of nitrogens with zero attached hydrogens (tertiary/aromatic N) is 3. The first-order chi connectivity index (χ1) is 13.1. The Bertz CT molecular complexity index is 1140. The van der Waals surface area contributed by atoms with Crippen LogP contribution in [0.3, 0.4) is 0 Å². The molecule has 0 aliphatic carbocycles. The summed E-state index contributed by atoms with van der Waals surface area (Å²) >= 11 is 6.78. The van der Waals surface area contributed by atoms with E-state index >= 15 is 0 Å². The number of benzene rings is 1. The van der Waals surface area contributed by atoms with E-state index in [4.69, 9.17) is 11.6 Å². The van der Waals surface area contributed by atoms with E-state index in [1.807, 2.05) is 36.5 Å². The Morgan fingerprint density at radius 3 is 2.56 bits per heavy atom. The van der Waals surface area contributed by atoms with Gasteiger partial charge in [0.25, 0.3) is 5.91 Å². The topological polar surface area (TPSA) is 61.9 Å². The van der Waals surface area contributed by atoms with Crippen molar-refractivity contribution in [3.8, 4) is 22.3 Å². The molecule has 3 heterocycles. The molecule has 0 saturated heterocycles. The van der Waals surface area contributed by atoms with Crippen LogP contribution in [0.5, 0.6) is 0 Å². The van der Waals surface area contributed by atoms with Gasteiger partial charge in [0.1, 0.15) is 5.65 Å². The lowest BCUT2D eigenvalue weighted by Gasteiger charge is -2.11. The molecule has 0 bridgehead atoms. The Labute approximate surface area is 161 Å². The standard InChI is InChI=1S/C21H17ClN4O/c1-26(2)21(27)15-8-14(9-23-10-15)17-12-25-20-18(19(17)22)16(11-24-20)13-6-4-3-5-7-13/h3-12H,1-2H3,(H,24,25). The summed E-state index contributed by atoms with van der Waals surface area (Å²) in [4.78, 5) is 25.7. The lowest BCUT2D eigenvalue weighted by Crippen LogP contribution is -2.21. The zero-order valence-electron chi connectivity index (χ0n) is 14.9. The number of halogens is 1. The number of rotatable bonds is 3. The van der Waals surface area contributed by atoms with E-state index in [2.05, 4.69) is 15.0 Å². The third-order valence-corrected chi connectivity index (χ3v) is 4.82. The highest BCUT2D eigenvalue weighted by Crippen LogP contribution is 2.38. The van der Waals surface area contributed by atoms with Crippen LogP contribution in [0, 0.1) is 0 Å². The van der Waals surface area contributed by atoms with Crippen LogP contribution in [-0.4, -0.2) is 39.9 Å². The van der Waals surface area contributed by atoms with Gasteiger partial charge in [-0.05, 0) is 11.6 Å². The van der Waals surface area contributed by atoms with Crippen LogP contribution in [0.15, 0.2) is 61.2 Å². The van der Waals surface area contributed by atoms with Crippen molar-refractivity contribution in [3.63, 3.8) is 0 Å². The van der Waals surface area contributed by atoms with Crippen molar-refractivity contribution in [2.45, 2.75) is 0 Å². The molecule has 0 radical (unpaired) electrons. The van der Waals surface area contributed by atoms with Crippen LogP contribution in [0.25, 0.3) is 33.3 Å². The lowest BCUT2D eigenvalue weighted by atomic mass is 10.0. The van der Waals surface area contributed by atoms with E-state index in [9.17, 15) is 4.79 Å². The third kappa shape index (κ3) is 3.06. The van der Waals surface area contributed by atoms with Gasteiger partial charge in [0.05, 0.1) is 10.6 Å². The minimum Gasteiger partial charge on any atom is -0.345 e. The minimum atomic E-state index is -0.110. The van der Waals surface area contributed by atoms with Crippen LogP contribution in [0.1, 0.15) is 10.4 Å². The molecule has 134 valence electrons. The molecular formula is C21H17ClN4O. The number of carbonyl (C=O) groups is 1. The molecule has 27 heavy (non-hydrogen) atoms. The summed E-state index contributed by atoms with van der Waals surface area (Å²) in [6, 6.07) is 11.8. The van der Waals surface area contributed by atoms with E-state index < -0.39 is 0 Å². The molecule has 5 nitrogen and oxygen atoms in total. The smallest absolute Gasteiger partial charge is 0.254 e. The number of pyridine rings is 2. The first-order valence-corrected chi connectivity index (χ1v) is 8.82. The fourth-order valence-electron chi connectivity index (χ4n) is 3.07. The summed E-state index contributed by atoms with van der Waals surface area (Å²) in [5.41, 5.74) is 4.75. The molecule has 0 aliphatic rings. The summed E-state index contributed by atoms with van der Waals surface area (Å²) < 4.78 is 0. The van der Waals surface area contributed by atoms with Crippen molar-refractivity contribution in [1.82, 2.24) is 19.9 Å². The van der Waals surface area contributed by atoms with Gasteiger partial charge in [-0.3, -0.25) is 9.78 Å². The molecule has 1 N–H and O–H groups in total. The second-order valence-corrected chi connectivity index (χ2v) is 6.82. The molecule has 3 aromatic heterocycles. The Balaban J connectivity index is 1.88. The van der Waals surface area contributed by atoms with Gasteiger partial charge in [-0.2, -0.15) is 0 Å². The second-order valence-electron chi connectivity index (χ2n) is 6.44. The van der Waals surface area contributed by atoms with E-state index in [1.54, 1.807) is 38.8 Å². The van der Waals surface area contributed by atoms with E-state index in [0.717, 1.165) is 33.3 Å². The van der Waals surface area contributed by atoms with Crippen LogP contribution >= 0.6 is 11.6 Å². The molecule has 1 aromatic carbocycles. The highest BCUT2D eigenvalue weighted by molar-refractivity contribution is 6.39. The van der Waals surface area contributed by atoms with Gasteiger partial charge in [0.15, 0.2) is 0 Å². The Kier molecular flexibility index (Phi) is 4.38. The second kappa shape index (κ2) is 6.85. The van der Waals surface area contributed by atoms with Crippen molar-refractivity contribution in [2.24, 2.45) is 0 Å². The summed E-state index contributed by atoms with van der Waals surface area (Å²) in [6.45, 7) is 0. The van der Waals surface area contributed by atoms with Crippen molar-refractivity contribution in [3.05, 3.63) is 71.8 Å². The summed E-state index contributed by atoms with van der Waals surface area (Å²) in [5.74, 6) is -0.110. The van der Waals surface area contributed by atoms with Crippen molar-refractivity contribution in [2.75, 3.05) is 14.1 Å². The molecule has 1 amide bonds. The number of hydrogen-bond donors (Lipinski definition) is 1. The molecule has 0 aliphatic heterocycles. The van der Waals surface area contributed by atoms with Crippen LogP contribution in [0.2, 0.25) is 5.02 Å². The number of nitrogens with one attached hydrogen (secondary N) is 1. The number of carbonyl (C=O) groups excluding carboxylic acids is 1. The van der Waals surface area contributed by atoms with Gasteiger partial charge >= 0.3 is 0 Å². The van der Waals surface area contributed by atoms with Crippen LogP contribution < -0.4 is 0 Å². The first kappa shape index (κ1) is 17.2. The van der Waals surface area contributed by atoms with E-state index in [-0.39, 0.29) is 5.91 Å². The van der Waals surface area contributed by atoms with Gasteiger partial charge < -0.3 is 9.88 Å². The maximum absolute atomic E-state index is 12.3. The molecule has 0 atom stereocenters. The summed E-state index contributed by atoms with van der Waals surface area (Å²) in [6.07, 6.45) is 6.86. The number of amides is 1. The normalized spacial score (nSPS) is 10.9. The average Bonchev–Trinajstić information content (AvgIpc) is 3.13. The highest BCUT2D eigenvalue weighted by atomic mass is 35.5. The molecule has 0 saturated carbocycles. The number of H-pyrrole nitrogens is 1. The Morgan fingerprint density at radius 1 is 1.04 bits per heavy atom. The monoisotopic (exact) mass is 376 g/mol. The molecule has 0 spiro atoms. The van der Waals surface area contributed by atoms with Gasteiger partial charge in [-0.15, -0.1) is 0 Å². The van der Waals surface area contributed by atoms with Gasteiger partial charge in [-0.1, -0.05) is 41.9 Å². The molecule has 0 fully saturated rings. The minimum absolute atomic E-state index is 0.110. The zero-order chi connectivity index (χ0) is 19.0. The Morgan fingerprint density at radius 2 is 1.81 bits per heavy atom. The zero-order valence-corrected chi connectivity index (χ0v) is 15.7. The maximum atomic E-state index is 12.3. The first-order valence-electron chi connectivity index (χ1n) is 8.44. The van der Waals surface area contributed by atoms with Crippen LogP contribution in [0.4, 0.5) is 0 Å². The molecular weight excluding hydrogens is 360 g/mol.